The molecule has 0 aromatic heterocycles. The minimum absolute atomic E-state index is 0. The summed E-state index contributed by atoms with van der Waals surface area (Å²) in [6.45, 7) is 3.75. The molecule has 0 bridgehead atoms. The van der Waals surface area contributed by atoms with Crippen molar-refractivity contribution in [3.63, 3.8) is 0 Å². The van der Waals surface area contributed by atoms with Crippen LogP contribution in [0.1, 0.15) is 25.7 Å². The molecule has 1 aliphatic rings. The van der Waals surface area contributed by atoms with Crippen LogP contribution in [-0.4, -0.2) is 6.29 Å². The largest absolute Gasteiger partial charge is 1.00 e. The molecule has 0 aliphatic carbocycles. The van der Waals surface area contributed by atoms with Gasteiger partial charge in [-0.05, 0) is 6.42 Å². The molecule has 11 heavy (non-hydrogen) atoms. The maximum absolute atomic E-state index is 5.08. The van der Waals surface area contributed by atoms with Crippen molar-refractivity contribution in [3.8, 4) is 0 Å². The van der Waals surface area contributed by atoms with Crippen molar-refractivity contribution in [1.29, 1.82) is 0 Å². The van der Waals surface area contributed by atoms with Crippen molar-refractivity contribution >= 4 is 0 Å². The molecule has 0 saturated carbocycles. The molecule has 2 nitrogen and oxygen atoms in total. The van der Waals surface area contributed by atoms with Crippen LogP contribution in [0.3, 0.4) is 0 Å². The molecule has 3 heteroatoms. The van der Waals surface area contributed by atoms with Gasteiger partial charge in [0.05, 0.1) is 0 Å². The zero-order valence-corrected chi connectivity index (χ0v) is 7.08. The molecule has 0 radical (unpaired) electrons. The van der Waals surface area contributed by atoms with Crippen LogP contribution in [0.15, 0.2) is 12.5 Å². The summed E-state index contributed by atoms with van der Waals surface area (Å²) in [4.78, 5) is 0. The average Bonchev–Trinajstić information content (AvgIpc) is 2.41. The molecule has 1 aliphatic heterocycles. The van der Waals surface area contributed by atoms with Crippen molar-refractivity contribution < 1.29 is 28.3 Å². The van der Waals surface area contributed by atoms with Crippen molar-refractivity contribution in [1.82, 2.24) is 0 Å². The van der Waals surface area contributed by atoms with E-state index in [1.165, 1.54) is 0 Å². The minimum Gasteiger partial charge on any atom is -0.459 e. The fourth-order valence-electron chi connectivity index (χ4n) is 0.895. The molecular weight excluding hydrogens is 135 g/mol. The van der Waals surface area contributed by atoms with E-state index in [4.69, 9.17) is 9.47 Å². The molecule has 58 valence electrons. The van der Waals surface area contributed by atoms with Gasteiger partial charge in [0.15, 0.2) is 0 Å². The van der Waals surface area contributed by atoms with E-state index < -0.39 is 0 Å². The van der Waals surface area contributed by atoms with Crippen LogP contribution in [0.2, 0.25) is 0 Å². The summed E-state index contributed by atoms with van der Waals surface area (Å²) in [7, 11) is 0. The van der Waals surface area contributed by atoms with Crippen LogP contribution >= 0.6 is 0 Å². The van der Waals surface area contributed by atoms with Crippen molar-refractivity contribution in [3.05, 3.63) is 19.4 Å². The standard InChI is InChI=1S/C8H13O2.Li/c1-2-3-4-5-8-9-6-7-10-8;/h6-8H,1-5H2;/q-1;+1. The summed E-state index contributed by atoms with van der Waals surface area (Å²) < 4.78 is 10.2. The normalized spacial score (nSPS) is 15.4. The fourth-order valence-corrected chi connectivity index (χ4v) is 0.895. The third-order valence-electron chi connectivity index (χ3n) is 1.46. The Morgan fingerprint density at radius 2 is 1.82 bits per heavy atom. The van der Waals surface area contributed by atoms with Gasteiger partial charge in [-0.25, -0.2) is 0 Å². The summed E-state index contributed by atoms with van der Waals surface area (Å²) in [5.74, 6) is 0. The molecule has 1 heterocycles. The first-order chi connectivity index (χ1) is 4.93. The van der Waals surface area contributed by atoms with Crippen LogP contribution in [0.5, 0.6) is 0 Å². The van der Waals surface area contributed by atoms with Crippen molar-refractivity contribution in [2.45, 2.75) is 32.0 Å². The molecule has 0 amide bonds. The summed E-state index contributed by atoms with van der Waals surface area (Å²) in [6, 6.07) is 0. The maximum Gasteiger partial charge on any atom is 1.00 e. The SMILES string of the molecule is [CH2-]CCCCC1OC=CO1.[Li+]. The Bertz CT molecular complexity index is 107. The molecular formula is C8H13LiO2. The van der Waals surface area contributed by atoms with Crippen LogP contribution in [0.25, 0.3) is 0 Å². The van der Waals surface area contributed by atoms with E-state index >= 15 is 0 Å². The minimum atomic E-state index is -0.0217. The van der Waals surface area contributed by atoms with Gasteiger partial charge in [-0.2, -0.15) is 6.42 Å². The maximum atomic E-state index is 5.08. The van der Waals surface area contributed by atoms with Gasteiger partial charge in [0.2, 0.25) is 6.29 Å². The van der Waals surface area contributed by atoms with Gasteiger partial charge in [-0.1, -0.05) is 6.42 Å². The fraction of sp³-hybridized carbons (Fsp3) is 0.625. The van der Waals surface area contributed by atoms with Gasteiger partial charge in [0.25, 0.3) is 0 Å². The second kappa shape index (κ2) is 6.64. The summed E-state index contributed by atoms with van der Waals surface area (Å²) in [5, 5.41) is 0. The average molecular weight is 148 g/mol. The van der Waals surface area contributed by atoms with Gasteiger partial charge in [-0.15, -0.1) is 0 Å². The van der Waals surface area contributed by atoms with Crippen LogP contribution in [0, 0.1) is 6.92 Å². The Balaban J connectivity index is 0.000001000. The molecule has 0 N–H and O–H groups in total. The first kappa shape index (κ1) is 10.9. The molecule has 0 fully saturated rings. The molecule has 0 spiro atoms. The Morgan fingerprint density at radius 1 is 1.18 bits per heavy atom. The van der Waals surface area contributed by atoms with E-state index in [2.05, 4.69) is 6.92 Å². The van der Waals surface area contributed by atoms with E-state index in [0.717, 1.165) is 25.7 Å². The molecule has 0 unspecified atom stereocenters. The van der Waals surface area contributed by atoms with E-state index in [0.29, 0.717) is 0 Å². The van der Waals surface area contributed by atoms with Crippen LogP contribution < -0.4 is 18.9 Å². The zero-order chi connectivity index (χ0) is 7.23. The van der Waals surface area contributed by atoms with E-state index in [9.17, 15) is 0 Å². The van der Waals surface area contributed by atoms with Gasteiger partial charge in [0.1, 0.15) is 12.5 Å². The number of hydrogen-bond acceptors (Lipinski definition) is 2. The number of hydrogen-bond donors (Lipinski definition) is 0. The number of rotatable bonds is 4. The third-order valence-corrected chi connectivity index (χ3v) is 1.46. The van der Waals surface area contributed by atoms with Crippen molar-refractivity contribution in [2.24, 2.45) is 0 Å². The Kier molecular flexibility index (Phi) is 6.60. The molecule has 1 rings (SSSR count). The molecule has 0 aromatic carbocycles. The van der Waals surface area contributed by atoms with Crippen LogP contribution in [-0.2, 0) is 9.47 Å². The zero-order valence-electron chi connectivity index (χ0n) is 7.08. The summed E-state index contributed by atoms with van der Waals surface area (Å²) in [5.41, 5.74) is 0. The van der Waals surface area contributed by atoms with Gasteiger partial charge < -0.3 is 16.4 Å². The summed E-state index contributed by atoms with van der Waals surface area (Å²) >= 11 is 0. The number of unbranched alkanes of at least 4 members (excludes halogenated alkanes) is 2. The molecule has 0 aromatic rings. The van der Waals surface area contributed by atoms with Gasteiger partial charge >= 0.3 is 18.9 Å². The monoisotopic (exact) mass is 148 g/mol. The topological polar surface area (TPSA) is 18.5 Å². The first-order valence-electron chi connectivity index (χ1n) is 3.68. The second-order valence-electron chi connectivity index (χ2n) is 2.32. The van der Waals surface area contributed by atoms with E-state index in [1.54, 1.807) is 12.5 Å². The predicted molar refractivity (Wildman–Crippen MR) is 38.9 cm³/mol. The third kappa shape index (κ3) is 4.39. The van der Waals surface area contributed by atoms with Gasteiger partial charge in [-0.3, -0.25) is 0 Å². The predicted octanol–water partition coefficient (Wildman–Crippen LogP) is -0.771. The Labute approximate surface area is 80.1 Å². The first-order valence-corrected chi connectivity index (χ1v) is 3.68. The second-order valence-corrected chi connectivity index (χ2v) is 2.32. The number of ether oxygens (including phenoxy) is 2. The smallest absolute Gasteiger partial charge is 0.459 e. The van der Waals surface area contributed by atoms with E-state index in [1.807, 2.05) is 0 Å². The van der Waals surface area contributed by atoms with Crippen molar-refractivity contribution in [2.75, 3.05) is 0 Å². The quantitative estimate of drug-likeness (QED) is 0.296. The molecule has 0 atom stereocenters. The van der Waals surface area contributed by atoms with Gasteiger partial charge in [0, 0.05) is 6.42 Å². The Morgan fingerprint density at radius 3 is 2.36 bits per heavy atom. The Hall–Kier alpha value is -0.0626. The molecule has 0 saturated heterocycles. The summed E-state index contributed by atoms with van der Waals surface area (Å²) in [6.07, 6.45) is 7.43. The van der Waals surface area contributed by atoms with Crippen LogP contribution in [0.4, 0.5) is 0 Å². The van der Waals surface area contributed by atoms with E-state index in [-0.39, 0.29) is 25.2 Å².